The third kappa shape index (κ3) is 3.31. The van der Waals surface area contributed by atoms with Crippen molar-refractivity contribution >= 4 is 27.3 Å². The molecule has 0 spiro atoms. The Balaban J connectivity index is 1.99. The number of nitrogens with one attached hydrogen (secondary N) is 1. The Labute approximate surface area is 119 Å². The van der Waals surface area contributed by atoms with Gasteiger partial charge in [0.05, 0.1) is 10.5 Å². The maximum Gasteiger partial charge on any atom is 0.129 e. The van der Waals surface area contributed by atoms with Crippen molar-refractivity contribution in [2.45, 2.75) is 25.9 Å². The highest BCUT2D eigenvalue weighted by atomic mass is 79.9. The molecule has 2 N–H and O–H groups in total. The van der Waals surface area contributed by atoms with Crippen molar-refractivity contribution in [2.24, 2.45) is 0 Å². The van der Waals surface area contributed by atoms with Gasteiger partial charge in [0.25, 0.3) is 0 Å². The first kappa shape index (κ1) is 13.5. The quantitative estimate of drug-likeness (QED) is 0.877. The average molecular weight is 327 g/mol. The number of halogens is 1. The standard InChI is InChI=1S/C13H15BrN2OS/c1-2-11(13-15-5-6-18-13)16-8-9-3-4-12(17)10(14)7-9/h3-7,11,16-17H,2,8H2,1H3. The second-order valence-electron chi connectivity index (χ2n) is 4.00. The summed E-state index contributed by atoms with van der Waals surface area (Å²) >= 11 is 4.99. The molecule has 96 valence electrons. The van der Waals surface area contributed by atoms with Gasteiger partial charge in [0, 0.05) is 18.1 Å². The number of phenols is 1. The van der Waals surface area contributed by atoms with E-state index in [1.165, 1.54) is 0 Å². The van der Waals surface area contributed by atoms with Crippen molar-refractivity contribution in [3.63, 3.8) is 0 Å². The summed E-state index contributed by atoms with van der Waals surface area (Å²) in [6.07, 6.45) is 2.84. The normalized spacial score (nSPS) is 12.6. The monoisotopic (exact) mass is 326 g/mol. The van der Waals surface area contributed by atoms with E-state index in [0.717, 1.165) is 28.0 Å². The Morgan fingerprint density at radius 2 is 2.33 bits per heavy atom. The van der Waals surface area contributed by atoms with E-state index >= 15 is 0 Å². The first-order valence-electron chi connectivity index (χ1n) is 5.81. The largest absolute Gasteiger partial charge is 0.507 e. The number of benzene rings is 1. The lowest BCUT2D eigenvalue weighted by atomic mass is 10.2. The van der Waals surface area contributed by atoms with Crippen molar-refractivity contribution < 1.29 is 5.11 Å². The number of aromatic nitrogens is 1. The summed E-state index contributed by atoms with van der Waals surface area (Å²) in [4.78, 5) is 4.34. The Hall–Kier alpha value is -0.910. The van der Waals surface area contributed by atoms with Crippen LogP contribution in [0.15, 0.2) is 34.2 Å². The van der Waals surface area contributed by atoms with Crippen LogP contribution in [0.2, 0.25) is 0 Å². The van der Waals surface area contributed by atoms with Gasteiger partial charge in [-0.05, 0) is 40.0 Å². The highest BCUT2D eigenvalue weighted by Gasteiger charge is 2.11. The van der Waals surface area contributed by atoms with Crippen LogP contribution in [0.1, 0.15) is 30.0 Å². The van der Waals surface area contributed by atoms with Gasteiger partial charge in [-0.1, -0.05) is 13.0 Å². The second-order valence-corrected chi connectivity index (χ2v) is 5.78. The van der Waals surface area contributed by atoms with Crippen molar-refractivity contribution in [2.75, 3.05) is 0 Å². The van der Waals surface area contributed by atoms with Crippen LogP contribution < -0.4 is 5.32 Å². The Kier molecular flexibility index (Phi) is 4.74. The predicted molar refractivity (Wildman–Crippen MR) is 77.8 cm³/mol. The fraction of sp³-hybridized carbons (Fsp3) is 0.308. The number of thiazole rings is 1. The molecule has 1 atom stereocenters. The maximum absolute atomic E-state index is 9.44. The number of aromatic hydroxyl groups is 1. The lowest BCUT2D eigenvalue weighted by Gasteiger charge is -2.14. The fourth-order valence-electron chi connectivity index (χ4n) is 1.71. The van der Waals surface area contributed by atoms with E-state index in [4.69, 9.17) is 0 Å². The van der Waals surface area contributed by atoms with Crippen LogP contribution in [-0.4, -0.2) is 10.1 Å². The van der Waals surface area contributed by atoms with Crippen LogP contribution in [0.3, 0.4) is 0 Å². The maximum atomic E-state index is 9.44. The zero-order chi connectivity index (χ0) is 13.0. The number of phenolic OH excluding ortho intramolecular Hbond substituents is 1. The molecule has 0 aliphatic heterocycles. The van der Waals surface area contributed by atoms with Gasteiger partial charge in [-0.2, -0.15) is 0 Å². The van der Waals surface area contributed by atoms with Gasteiger partial charge in [-0.25, -0.2) is 4.98 Å². The van der Waals surface area contributed by atoms with E-state index in [9.17, 15) is 5.11 Å². The summed E-state index contributed by atoms with van der Waals surface area (Å²) < 4.78 is 0.726. The molecule has 1 aromatic heterocycles. The minimum absolute atomic E-state index is 0.269. The molecule has 0 saturated heterocycles. The SMILES string of the molecule is CCC(NCc1ccc(O)c(Br)c1)c1nccs1. The highest BCUT2D eigenvalue weighted by Crippen LogP contribution is 2.25. The van der Waals surface area contributed by atoms with Crippen molar-refractivity contribution in [3.8, 4) is 5.75 Å². The number of nitrogens with zero attached hydrogens (tertiary/aromatic N) is 1. The molecule has 3 nitrogen and oxygen atoms in total. The molecule has 0 aliphatic carbocycles. The second kappa shape index (κ2) is 6.31. The molecular formula is C13H15BrN2OS. The lowest BCUT2D eigenvalue weighted by Crippen LogP contribution is -2.20. The van der Waals surface area contributed by atoms with E-state index < -0.39 is 0 Å². The molecule has 0 fully saturated rings. The van der Waals surface area contributed by atoms with Gasteiger partial charge in [-0.15, -0.1) is 11.3 Å². The Bertz CT molecular complexity index is 502. The summed E-state index contributed by atoms with van der Waals surface area (Å²) in [6, 6.07) is 5.84. The van der Waals surface area contributed by atoms with Crippen molar-refractivity contribution in [1.82, 2.24) is 10.3 Å². The minimum Gasteiger partial charge on any atom is -0.507 e. The van der Waals surface area contributed by atoms with E-state index in [1.807, 2.05) is 23.7 Å². The van der Waals surface area contributed by atoms with Gasteiger partial charge in [0.1, 0.15) is 10.8 Å². The van der Waals surface area contributed by atoms with Crippen LogP contribution in [0.25, 0.3) is 0 Å². The zero-order valence-electron chi connectivity index (χ0n) is 10.1. The van der Waals surface area contributed by atoms with Gasteiger partial charge < -0.3 is 10.4 Å². The molecule has 0 saturated carbocycles. The molecule has 18 heavy (non-hydrogen) atoms. The molecule has 2 aromatic rings. The molecule has 0 bridgehead atoms. The Morgan fingerprint density at radius 1 is 1.50 bits per heavy atom. The average Bonchev–Trinajstić information content (AvgIpc) is 2.88. The third-order valence-electron chi connectivity index (χ3n) is 2.72. The summed E-state index contributed by atoms with van der Waals surface area (Å²) in [6.45, 7) is 2.91. The fourth-order valence-corrected chi connectivity index (χ4v) is 2.94. The van der Waals surface area contributed by atoms with Crippen molar-refractivity contribution in [1.29, 1.82) is 0 Å². The van der Waals surface area contributed by atoms with Gasteiger partial charge in [0.15, 0.2) is 0 Å². The van der Waals surface area contributed by atoms with E-state index in [-0.39, 0.29) is 11.8 Å². The van der Waals surface area contributed by atoms with E-state index in [0.29, 0.717) is 0 Å². The van der Waals surface area contributed by atoms with Gasteiger partial charge in [-0.3, -0.25) is 0 Å². The number of rotatable bonds is 5. The molecular weight excluding hydrogens is 312 g/mol. The first-order valence-corrected chi connectivity index (χ1v) is 7.48. The molecule has 5 heteroatoms. The number of hydrogen-bond donors (Lipinski definition) is 2. The third-order valence-corrected chi connectivity index (χ3v) is 4.25. The highest BCUT2D eigenvalue weighted by molar-refractivity contribution is 9.10. The van der Waals surface area contributed by atoms with Crippen LogP contribution in [0.4, 0.5) is 0 Å². The van der Waals surface area contributed by atoms with Gasteiger partial charge in [0.2, 0.25) is 0 Å². The predicted octanol–water partition coefficient (Wildman–Crippen LogP) is 3.85. The zero-order valence-corrected chi connectivity index (χ0v) is 12.5. The molecule has 0 radical (unpaired) electrons. The minimum atomic E-state index is 0.269. The van der Waals surface area contributed by atoms with Crippen LogP contribution in [0.5, 0.6) is 5.75 Å². The summed E-state index contributed by atoms with van der Waals surface area (Å²) in [5.41, 5.74) is 1.13. The first-order chi connectivity index (χ1) is 8.70. The molecule has 1 aromatic carbocycles. The summed E-state index contributed by atoms with van der Waals surface area (Å²) in [5.74, 6) is 0.269. The molecule has 1 unspecified atom stereocenters. The van der Waals surface area contributed by atoms with E-state index in [2.05, 4.69) is 33.2 Å². The van der Waals surface area contributed by atoms with Gasteiger partial charge >= 0.3 is 0 Å². The lowest BCUT2D eigenvalue weighted by molar-refractivity contribution is 0.471. The number of hydrogen-bond acceptors (Lipinski definition) is 4. The van der Waals surface area contributed by atoms with Crippen molar-refractivity contribution in [3.05, 3.63) is 44.8 Å². The van der Waals surface area contributed by atoms with E-state index in [1.54, 1.807) is 17.4 Å². The van der Waals surface area contributed by atoms with Crippen LogP contribution in [-0.2, 0) is 6.54 Å². The Morgan fingerprint density at radius 3 is 2.94 bits per heavy atom. The molecule has 1 heterocycles. The summed E-state index contributed by atoms with van der Waals surface area (Å²) in [5, 5.41) is 16.0. The smallest absolute Gasteiger partial charge is 0.129 e. The molecule has 0 amide bonds. The van der Waals surface area contributed by atoms with Crippen LogP contribution >= 0.6 is 27.3 Å². The van der Waals surface area contributed by atoms with Crippen LogP contribution in [0, 0.1) is 0 Å². The summed E-state index contributed by atoms with van der Waals surface area (Å²) in [7, 11) is 0. The molecule has 0 aliphatic rings. The molecule has 2 rings (SSSR count). The topological polar surface area (TPSA) is 45.1 Å².